The number of amidine groups is 1. The van der Waals surface area contributed by atoms with Crippen molar-refractivity contribution >= 4 is 46.3 Å². The Kier molecular flexibility index (Phi) is 7.04. The molecule has 26 heavy (non-hydrogen) atoms. The summed E-state index contributed by atoms with van der Waals surface area (Å²) < 4.78 is 0. The highest BCUT2D eigenvalue weighted by Crippen LogP contribution is 2.19. The molecule has 136 valence electrons. The molecule has 0 heterocycles. The van der Waals surface area contributed by atoms with Crippen molar-refractivity contribution in [2.24, 2.45) is 21.9 Å². The van der Waals surface area contributed by atoms with E-state index in [1.807, 2.05) is 0 Å². The highest BCUT2D eigenvalue weighted by atomic mass is 32.2. The largest absolute Gasteiger partial charge is 0.478 e. The monoisotopic (exact) mass is 391 g/mol. The third kappa shape index (κ3) is 4.99. The van der Waals surface area contributed by atoms with Crippen molar-refractivity contribution in [2.75, 3.05) is 10.8 Å². The van der Waals surface area contributed by atoms with E-state index in [4.69, 9.17) is 21.9 Å². The average Bonchev–Trinajstić information content (AvgIpc) is 2.68. The predicted octanol–water partition coefficient (Wildman–Crippen LogP) is 1.88. The molecule has 2 rings (SSSR count). The molecule has 0 amide bonds. The van der Waals surface area contributed by atoms with Gasteiger partial charge in [-0.05, 0) is 48.3 Å². The molecule has 8 nitrogen and oxygen atoms in total. The van der Waals surface area contributed by atoms with Crippen molar-refractivity contribution in [3.63, 3.8) is 0 Å². The summed E-state index contributed by atoms with van der Waals surface area (Å²) >= 11 is 2.18. The highest BCUT2D eigenvalue weighted by molar-refractivity contribution is 8.14. The number of aromatic carboxylic acids is 1. The van der Waals surface area contributed by atoms with Crippen molar-refractivity contribution in [3.05, 3.63) is 59.7 Å². The molecule has 2 aromatic rings. The zero-order valence-electron chi connectivity index (χ0n) is 13.5. The van der Waals surface area contributed by atoms with E-state index < -0.39 is 5.97 Å². The van der Waals surface area contributed by atoms with Crippen molar-refractivity contribution in [2.45, 2.75) is 4.90 Å². The Hall–Kier alpha value is -2.53. The zero-order valence-corrected chi connectivity index (χ0v) is 15.2. The maximum Gasteiger partial charge on any atom is 0.335 e. The molecular formula is C16H17N5O3S2. The maximum atomic E-state index is 12.3. The van der Waals surface area contributed by atoms with E-state index in [1.54, 1.807) is 24.3 Å². The molecular weight excluding hydrogens is 374 g/mol. The van der Waals surface area contributed by atoms with Gasteiger partial charge in [-0.3, -0.25) is 14.9 Å². The van der Waals surface area contributed by atoms with Gasteiger partial charge in [0.05, 0.1) is 17.0 Å². The van der Waals surface area contributed by atoms with Gasteiger partial charge in [0.25, 0.3) is 0 Å². The lowest BCUT2D eigenvalue weighted by atomic mass is 10.1. The Morgan fingerprint density at radius 2 is 1.62 bits per heavy atom. The first-order valence-corrected chi connectivity index (χ1v) is 9.11. The number of benzene rings is 2. The summed E-state index contributed by atoms with van der Waals surface area (Å²) in [6.07, 6.45) is 0. The van der Waals surface area contributed by atoms with Gasteiger partial charge < -0.3 is 10.9 Å². The standard InChI is InChI=1S/C16H17N5O3S2/c17-20-16(21(18)12-5-1-11(2-6-12)15(23)24)25-9-14(22)10-3-7-13(26-19)8-4-10/h1-8H,9,17-19H2,(H,23,24)/b20-16+. The van der Waals surface area contributed by atoms with E-state index in [0.29, 0.717) is 11.3 Å². The van der Waals surface area contributed by atoms with Gasteiger partial charge in [-0.25, -0.2) is 10.6 Å². The van der Waals surface area contributed by atoms with Crippen LogP contribution in [0.3, 0.4) is 0 Å². The molecule has 2 aromatic carbocycles. The average molecular weight is 391 g/mol. The Morgan fingerprint density at radius 1 is 1.04 bits per heavy atom. The maximum absolute atomic E-state index is 12.3. The molecule has 0 aromatic heterocycles. The Morgan fingerprint density at radius 3 is 2.12 bits per heavy atom. The third-order valence-electron chi connectivity index (χ3n) is 3.35. The zero-order chi connectivity index (χ0) is 19.1. The lowest BCUT2D eigenvalue weighted by Gasteiger charge is -2.19. The summed E-state index contributed by atoms with van der Waals surface area (Å²) in [6.45, 7) is 0. The number of ketones is 1. The summed E-state index contributed by atoms with van der Waals surface area (Å²) in [5.74, 6) is 10.3. The van der Waals surface area contributed by atoms with Crippen LogP contribution in [0.5, 0.6) is 0 Å². The van der Waals surface area contributed by atoms with E-state index in [-0.39, 0.29) is 22.3 Å². The minimum absolute atomic E-state index is 0.0893. The van der Waals surface area contributed by atoms with E-state index >= 15 is 0 Å². The van der Waals surface area contributed by atoms with Crippen LogP contribution in [0.4, 0.5) is 5.69 Å². The molecule has 0 saturated carbocycles. The minimum Gasteiger partial charge on any atom is -0.478 e. The summed E-state index contributed by atoms with van der Waals surface area (Å²) in [5, 5.41) is 19.4. The van der Waals surface area contributed by atoms with Gasteiger partial charge >= 0.3 is 5.97 Å². The number of carboxylic acids is 1. The fraction of sp³-hybridized carbons (Fsp3) is 0.0625. The minimum atomic E-state index is -1.04. The SMILES string of the molecule is N/N=C(/SCC(=O)c1ccc(SN)cc1)N(N)c1ccc(C(=O)O)cc1. The fourth-order valence-corrected chi connectivity index (χ4v) is 3.02. The number of Topliss-reactive ketones (excluding diaryl/α,β-unsaturated/α-hetero) is 1. The van der Waals surface area contributed by atoms with Crippen LogP contribution in [0.2, 0.25) is 0 Å². The van der Waals surface area contributed by atoms with E-state index in [1.165, 1.54) is 29.3 Å². The number of rotatable bonds is 6. The number of hydrazine groups is 1. The third-order valence-corrected chi connectivity index (χ3v) is 4.86. The molecule has 0 radical (unpaired) electrons. The number of anilines is 1. The molecule has 0 aliphatic carbocycles. The second-order valence-electron chi connectivity index (χ2n) is 4.99. The van der Waals surface area contributed by atoms with Crippen LogP contribution < -0.4 is 21.8 Å². The summed E-state index contributed by atoms with van der Waals surface area (Å²) in [5.41, 5.74) is 1.17. The topological polar surface area (TPSA) is 148 Å². The number of hydrogen-bond donors (Lipinski definition) is 4. The van der Waals surface area contributed by atoms with E-state index in [2.05, 4.69) is 5.10 Å². The van der Waals surface area contributed by atoms with E-state index in [0.717, 1.165) is 28.6 Å². The molecule has 0 fully saturated rings. The van der Waals surface area contributed by atoms with Crippen molar-refractivity contribution in [1.29, 1.82) is 0 Å². The Balaban J connectivity index is 2.01. The number of hydrazone groups is 1. The molecule has 0 aliphatic heterocycles. The van der Waals surface area contributed by atoms with Gasteiger partial charge in [0, 0.05) is 10.5 Å². The van der Waals surface area contributed by atoms with E-state index in [9.17, 15) is 9.59 Å². The quantitative estimate of drug-likeness (QED) is 0.145. The lowest BCUT2D eigenvalue weighted by Crippen LogP contribution is -2.37. The molecule has 0 unspecified atom stereocenters. The number of thioether (sulfide) groups is 1. The van der Waals surface area contributed by atoms with Crippen molar-refractivity contribution < 1.29 is 14.7 Å². The van der Waals surface area contributed by atoms with Gasteiger partial charge in [0.2, 0.25) is 5.17 Å². The van der Waals surface area contributed by atoms with Crippen LogP contribution in [0.15, 0.2) is 58.5 Å². The number of nitrogens with two attached hydrogens (primary N) is 3. The molecule has 0 spiro atoms. The van der Waals surface area contributed by atoms with Gasteiger partial charge in [-0.1, -0.05) is 23.9 Å². The molecule has 10 heteroatoms. The predicted molar refractivity (Wildman–Crippen MR) is 105 cm³/mol. The molecule has 0 saturated heterocycles. The number of hydrogen-bond acceptors (Lipinski definition) is 8. The molecule has 0 atom stereocenters. The fourth-order valence-electron chi connectivity index (χ4n) is 1.98. The van der Waals surface area contributed by atoms with Crippen LogP contribution >= 0.6 is 23.7 Å². The first kappa shape index (κ1) is 19.8. The second kappa shape index (κ2) is 9.25. The summed E-state index contributed by atoms with van der Waals surface area (Å²) in [4.78, 5) is 24.0. The number of nitrogens with zero attached hydrogens (tertiary/aromatic N) is 2. The van der Waals surface area contributed by atoms with Crippen LogP contribution in [-0.2, 0) is 0 Å². The van der Waals surface area contributed by atoms with Crippen LogP contribution in [0, 0.1) is 0 Å². The normalized spacial score (nSPS) is 11.2. The molecule has 7 N–H and O–H groups in total. The smallest absolute Gasteiger partial charge is 0.335 e. The first-order valence-electron chi connectivity index (χ1n) is 7.25. The molecule has 0 aliphatic rings. The van der Waals surface area contributed by atoms with Crippen molar-refractivity contribution in [1.82, 2.24) is 0 Å². The Labute approximate surface area is 158 Å². The Bertz CT molecular complexity index is 810. The highest BCUT2D eigenvalue weighted by Gasteiger charge is 2.15. The van der Waals surface area contributed by atoms with Gasteiger partial charge in [-0.2, -0.15) is 5.10 Å². The van der Waals surface area contributed by atoms with Crippen LogP contribution in [-0.4, -0.2) is 27.8 Å². The first-order chi connectivity index (χ1) is 12.5. The number of carbonyl (C=O) groups excluding carboxylic acids is 1. The van der Waals surface area contributed by atoms with Crippen LogP contribution in [0.25, 0.3) is 0 Å². The summed E-state index contributed by atoms with van der Waals surface area (Å²) in [6, 6.07) is 12.8. The number of carboxylic acid groups (broad SMARTS) is 1. The van der Waals surface area contributed by atoms with Crippen molar-refractivity contribution in [3.8, 4) is 0 Å². The van der Waals surface area contributed by atoms with Gasteiger partial charge in [-0.15, -0.1) is 0 Å². The number of carbonyl (C=O) groups is 2. The lowest BCUT2D eigenvalue weighted by molar-refractivity contribution is 0.0696. The van der Waals surface area contributed by atoms with Gasteiger partial charge in [0.1, 0.15) is 0 Å². The second-order valence-corrected chi connectivity index (χ2v) is 6.64. The molecule has 0 bridgehead atoms. The summed E-state index contributed by atoms with van der Waals surface area (Å²) in [7, 11) is 0. The van der Waals surface area contributed by atoms with Gasteiger partial charge in [0.15, 0.2) is 5.78 Å². The van der Waals surface area contributed by atoms with Crippen LogP contribution in [0.1, 0.15) is 20.7 Å².